The highest BCUT2D eigenvalue weighted by atomic mass is 32.2. The lowest BCUT2D eigenvalue weighted by Crippen LogP contribution is -2.18. The number of rotatable bonds is 11. The number of aromatic nitrogens is 3. The minimum absolute atomic E-state index is 0.0340. The van der Waals surface area contributed by atoms with Gasteiger partial charge in [-0.15, -0.1) is 28.5 Å². The van der Waals surface area contributed by atoms with Crippen molar-refractivity contribution in [1.29, 1.82) is 0 Å². The third kappa shape index (κ3) is 7.13. The van der Waals surface area contributed by atoms with E-state index in [2.05, 4.69) is 27.4 Å². The molecule has 0 atom stereocenters. The third-order valence-corrected chi connectivity index (χ3v) is 6.16. The molecule has 0 aliphatic heterocycles. The summed E-state index contributed by atoms with van der Waals surface area (Å²) in [5, 5.41) is 14.6. The number of thioether (sulfide) groups is 2. The van der Waals surface area contributed by atoms with Crippen LogP contribution in [0.25, 0.3) is 0 Å². The molecule has 1 heterocycles. The Balaban J connectivity index is 1.61. The number of hydrogen-bond donors (Lipinski definition) is 2. The van der Waals surface area contributed by atoms with E-state index in [9.17, 15) is 9.59 Å². The summed E-state index contributed by atoms with van der Waals surface area (Å²) in [6.45, 7) is 4.19. The van der Waals surface area contributed by atoms with Crippen LogP contribution in [0.4, 0.5) is 11.4 Å². The van der Waals surface area contributed by atoms with Crippen molar-refractivity contribution < 1.29 is 14.3 Å². The maximum Gasteiger partial charge on any atom is 0.234 e. The average molecular weight is 484 g/mol. The van der Waals surface area contributed by atoms with Crippen molar-refractivity contribution in [2.75, 3.05) is 29.8 Å². The topological polar surface area (TPSA) is 98.1 Å². The number of benzene rings is 2. The summed E-state index contributed by atoms with van der Waals surface area (Å²) in [5.41, 5.74) is 1.38. The quantitative estimate of drug-likeness (QED) is 0.313. The van der Waals surface area contributed by atoms with E-state index < -0.39 is 0 Å². The first-order chi connectivity index (χ1) is 16.0. The van der Waals surface area contributed by atoms with E-state index in [1.165, 1.54) is 11.8 Å². The molecule has 3 rings (SSSR count). The summed E-state index contributed by atoms with van der Waals surface area (Å²) < 4.78 is 6.96. The van der Waals surface area contributed by atoms with Gasteiger partial charge in [-0.1, -0.05) is 30.0 Å². The molecule has 0 aliphatic carbocycles. The zero-order chi connectivity index (χ0) is 23.6. The van der Waals surface area contributed by atoms with Gasteiger partial charge in [0, 0.05) is 28.9 Å². The largest absolute Gasteiger partial charge is 0.497 e. The molecule has 0 saturated heterocycles. The Labute approximate surface area is 201 Å². The number of allylic oxidation sites excluding steroid dienone is 1. The van der Waals surface area contributed by atoms with Crippen LogP contribution in [0.2, 0.25) is 0 Å². The molecule has 0 saturated carbocycles. The number of carbonyl (C=O) groups is 2. The molecule has 2 aromatic carbocycles. The van der Waals surface area contributed by atoms with E-state index >= 15 is 0 Å². The van der Waals surface area contributed by atoms with Gasteiger partial charge in [0.15, 0.2) is 5.16 Å². The van der Waals surface area contributed by atoms with E-state index in [4.69, 9.17) is 4.74 Å². The maximum atomic E-state index is 12.5. The van der Waals surface area contributed by atoms with Gasteiger partial charge in [0.05, 0.1) is 19.3 Å². The van der Waals surface area contributed by atoms with Gasteiger partial charge >= 0.3 is 0 Å². The van der Waals surface area contributed by atoms with Crippen molar-refractivity contribution in [3.05, 3.63) is 67.0 Å². The average Bonchev–Trinajstić information content (AvgIpc) is 3.19. The van der Waals surface area contributed by atoms with Crippen molar-refractivity contribution in [1.82, 2.24) is 14.8 Å². The van der Waals surface area contributed by atoms with Crippen LogP contribution in [-0.4, -0.2) is 45.7 Å². The second kappa shape index (κ2) is 12.1. The molecule has 0 spiro atoms. The SMILES string of the molecule is C=CCn1c(CC(=O)Nc2cccc(OC)c2)nnc1SCC(=O)Nc1cccc(SC)c1. The zero-order valence-corrected chi connectivity index (χ0v) is 20.0. The van der Waals surface area contributed by atoms with Crippen LogP contribution in [-0.2, 0) is 22.6 Å². The first kappa shape index (κ1) is 24.4. The molecule has 2 amide bonds. The van der Waals surface area contributed by atoms with Crippen LogP contribution in [0.1, 0.15) is 5.82 Å². The Morgan fingerprint density at radius 3 is 2.55 bits per heavy atom. The van der Waals surface area contributed by atoms with Crippen LogP contribution in [0.5, 0.6) is 5.75 Å². The number of ether oxygens (including phenoxy) is 1. The highest BCUT2D eigenvalue weighted by molar-refractivity contribution is 7.99. The lowest BCUT2D eigenvalue weighted by atomic mass is 10.3. The molecule has 8 nitrogen and oxygen atoms in total. The van der Waals surface area contributed by atoms with E-state index in [0.717, 1.165) is 10.6 Å². The van der Waals surface area contributed by atoms with Crippen molar-refractivity contribution in [3.8, 4) is 5.75 Å². The van der Waals surface area contributed by atoms with E-state index in [-0.39, 0.29) is 24.0 Å². The van der Waals surface area contributed by atoms with Gasteiger partial charge in [-0.2, -0.15) is 0 Å². The Kier molecular flexibility index (Phi) is 8.96. The Morgan fingerprint density at radius 1 is 1.09 bits per heavy atom. The fourth-order valence-corrected chi connectivity index (χ4v) is 4.17. The van der Waals surface area contributed by atoms with E-state index in [1.54, 1.807) is 53.8 Å². The van der Waals surface area contributed by atoms with Gasteiger partial charge in [0.1, 0.15) is 11.6 Å². The van der Waals surface area contributed by atoms with Crippen molar-refractivity contribution >= 4 is 46.7 Å². The predicted octanol–water partition coefficient (Wildman–Crippen LogP) is 4.11. The lowest BCUT2D eigenvalue weighted by molar-refractivity contribution is -0.116. The van der Waals surface area contributed by atoms with Gasteiger partial charge in [-0.05, 0) is 36.6 Å². The number of nitrogens with one attached hydrogen (secondary N) is 2. The van der Waals surface area contributed by atoms with Crippen LogP contribution in [0.15, 0.2) is 71.2 Å². The third-order valence-electron chi connectivity index (χ3n) is 4.46. The van der Waals surface area contributed by atoms with Crippen LogP contribution in [0, 0.1) is 0 Å². The normalized spacial score (nSPS) is 10.5. The number of anilines is 2. The van der Waals surface area contributed by atoms with Gasteiger partial charge < -0.3 is 19.9 Å². The van der Waals surface area contributed by atoms with Crippen LogP contribution >= 0.6 is 23.5 Å². The Morgan fingerprint density at radius 2 is 1.82 bits per heavy atom. The molecule has 0 unspecified atom stereocenters. The highest BCUT2D eigenvalue weighted by Crippen LogP contribution is 2.21. The smallest absolute Gasteiger partial charge is 0.234 e. The second-order valence-electron chi connectivity index (χ2n) is 6.82. The summed E-state index contributed by atoms with van der Waals surface area (Å²) in [6, 6.07) is 14.8. The fraction of sp³-hybridized carbons (Fsp3) is 0.217. The van der Waals surface area contributed by atoms with Crippen molar-refractivity contribution in [3.63, 3.8) is 0 Å². The molecule has 0 radical (unpaired) electrons. The number of nitrogens with zero attached hydrogens (tertiary/aromatic N) is 3. The predicted molar refractivity (Wildman–Crippen MR) is 133 cm³/mol. The number of hydrogen-bond acceptors (Lipinski definition) is 7. The Bertz CT molecular complexity index is 1130. The summed E-state index contributed by atoms with van der Waals surface area (Å²) in [5.74, 6) is 0.924. The molecule has 2 N–H and O–H groups in total. The molecule has 33 heavy (non-hydrogen) atoms. The van der Waals surface area contributed by atoms with E-state index in [1.807, 2.05) is 30.5 Å². The maximum absolute atomic E-state index is 12.5. The summed E-state index contributed by atoms with van der Waals surface area (Å²) in [7, 11) is 1.57. The minimum atomic E-state index is -0.232. The molecule has 172 valence electrons. The molecule has 3 aromatic rings. The monoisotopic (exact) mass is 483 g/mol. The Hall–Kier alpha value is -3.24. The lowest BCUT2D eigenvalue weighted by Gasteiger charge is -2.09. The van der Waals surface area contributed by atoms with Gasteiger partial charge in [0.25, 0.3) is 0 Å². The summed E-state index contributed by atoms with van der Waals surface area (Å²) in [4.78, 5) is 26.0. The number of methoxy groups -OCH3 is 1. The van der Waals surface area contributed by atoms with Gasteiger partial charge in [-0.25, -0.2) is 0 Å². The summed E-state index contributed by atoms with van der Waals surface area (Å²) >= 11 is 2.87. The zero-order valence-electron chi connectivity index (χ0n) is 18.4. The molecule has 0 fully saturated rings. The number of carbonyl (C=O) groups excluding carboxylic acids is 2. The van der Waals surface area contributed by atoms with Crippen molar-refractivity contribution in [2.45, 2.75) is 23.0 Å². The van der Waals surface area contributed by atoms with Crippen molar-refractivity contribution in [2.24, 2.45) is 0 Å². The molecule has 0 aliphatic rings. The fourth-order valence-electron chi connectivity index (χ4n) is 2.95. The first-order valence-electron chi connectivity index (χ1n) is 10.1. The summed E-state index contributed by atoms with van der Waals surface area (Å²) in [6.07, 6.45) is 3.72. The van der Waals surface area contributed by atoms with Crippen LogP contribution in [0.3, 0.4) is 0 Å². The molecular formula is C23H25N5O3S2. The molecule has 1 aromatic heterocycles. The van der Waals surface area contributed by atoms with E-state index in [0.29, 0.717) is 29.0 Å². The molecular weight excluding hydrogens is 458 g/mol. The van der Waals surface area contributed by atoms with Gasteiger partial charge in [-0.3, -0.25) is 9.59 Å². The molecule has 10 heteroatoms. The number of amides is 2. The van der Waals surface area contributed by atoms with Crippen LogP contribution < -0.4 is 15.4 Å². The van der Waals surface area contributed by atoms with Gasteiger partial charge in [0.2, 0.25) is 11.8 Å². The first-order valence-corrected chi connectivity index (χ1v) is 12.3. The highest BCUT2D eigenvalue weighted by Gasteiger charge is 2.16. The minimum Gasteiger partial charge on any atom is -0.497 e. The molecule has 0 bridgehead atoms. The standard InChI is InChI=1S/C23H25N5O3S2/c1-4-11-28-20(14-21(29)24-16-7-5-9-18(12-16)31-2)26-27-23(28)33-15-22(30)25-17-8-6-10-19(13-17)32-3/h4-10,12-13H,1,11,14-15H2,2-3H3,(H,24,29)(H,25,30). The second-order valence-corrected chi connectivity index (χ2v) is 8.65.